The molecular formula is C22H31N2O4+. The van der Waals surface area contributed by atoms with E-state index in [2.05, 4.69) is 13.8 Å². The van der Waals surface area contributed by atoms with Gasteiger partial charge in [0.05, 0.1) is 31.4 Å². The van der Waals surface area contributed by atoms with Gasteiger partial charge in [-0.15, -0.1) is 0 Å². The van der Waals surface area contributed by atoms with Crippen LogP contribution in [-0.4, -0.2) is 61.1 Å². The highest BCUT2D eigenvalue weighted by molar-refractivity contribution is 6.08. The maximum Gasteiger partial charge on any atom is 0.290 e. The minimum atomic E-state index is -0.508. The van der Waals surface area contributed by atoms with Gasteiger partial charge in [0, 0.05) is 13.0 Å². The molecule has 6 heteroatoms. The number of benzene rings is 1. The summed E-state index contributed by atoms with van der Waals surface area (Å²) in [6, 6.07) is 7.50. The molecule has 2 aliphatic heterocycles. The molecule has 0 aromatic heterocycles. The van der Waals surface area contributed by atoms with Gasteiger partial charge in [-0.1, -0.05) is 38.1 Å². The Balaban J connectivity index is 1.78. The number of rotatable bonds is 7. The first kappa shape index (κ1) is 20.6. The van der Waals surface area contributed by atoms with E-state index in [0.29, 0.717) is 12.5 Å². The largest absolute Gasteiger partial charge is 0.503 e. The van der Waals surface area contributed by atoms with Crippen molar-refractivity contribution in [2.75, 3.05) is 39.4 Å². The fraction of sp³-hybridized carbons (Fsp3) is 0.545. The molecule has 0 radical (unpaired) electrons. The molecule has 1 aromatic carbocycles. The second-order valence-electron chi connectivity index (χ2n) is 8.01. The Kier molecular flexibility index (Phi) is 6.52. The van der Waals surface area contributed by atoms with Crippen LogP contribution in [0, 0.1) is 0 Å². The predicted molar refractivity (Wildman–Crippen MR) is 106 cm³/mol. The molecule has 1 amide bonds. The highest BCUT2D eigenvalue weighted by atomic mass is 16.5. The number of carbonyl (C=O) groups excluding carboxylic acids is 2. The lowest BCUT2D eigenvalue weighted by atomic mass is 9.94. The maximum absolute atomic E-state index is 12.7. The van der Waals surface area contributed by atoms with Crippen LogP contribution in [0.15, 0.2) is 35.6 Å². The fourth-order valence-electron chi connectivity index (χ4n) is 4.06. The van der Waals surface area contributed by atoms with Crippen LogP contribution in [0.5, 0.6) is 0 Å². The minimum Gasteiger partial charge on any atom is -0.503 e. The third-order valence-electron chi connectivity index (χ3n) is 5.73. The second kappa shape index (κ2) is 8.88. The van der Waals surface area contributed by atoms with E-state index in [9.17, 15) is 14.7 Å². The number of amides is 1. The summed E-state index contributed by atoms with van der Waals surface area (Å²) in [5, 5.41) is 10.4. The number of Topliss-reactive ketones (excluding diaryl/α,β-unsaturated/α-hetero) is 1. The van der Waals surface area contributed by atoms with Crippen molar-refractivity contribution in [2.45, 2.75) is 39.2 Å². The summed E-state index contributed by atoms with van der Waals surface area (Å²) in [4.78, 5) is 28.0. The predicted octanol–water partition coefficient (Wildman–Crippen LogP) is 1.40. The van der Waals surface area contributed by atoms with E-state index in [1.807, 2.05) is 24.3 Å². The molecule has 3 rings (SSSR count). The zero-order chi connectivity index (χ0) is 20.3. The number of ether oxygens (including phenoxy) is 1. The SMILES string of the molecule is CC(=O)C1=C(O)C(=O)N(CCC[NH+]2CCOCC2)[C@H]1c1ccc(C(C)C)cc1. The van der Waals surface area contributed by atoms with Gasteiger partial charge in [-0.25, -0.2) is 0 Å². The number of nitrogens with zero attached hydrogens (tertiary/aromatic N) is 1. The van der Waals surface area contributed by atoms with Crippen molar-refractivity contribution in [3.05, 3.63) is 46.7 Å². The van der Waals surface area contributed by atoms with Crippen LogP contribution in [0.3, 0.4) is 0 Å². The molecule has 1 fully saturated rings. The number of hydrogen-bond acceptors (Lipinski definition) is 4. The van der Waals surface area contributed by atoms with E-state index in [0.717, 1.165) is 44.8 Å². The summed E-state index contributed by atoms with van der Waals surface area (Å²) in [6.07, 6.45) is 0.820. The Bertz CT molecular complexity index is 748. The molecule has 0 unspecified atom stereocenters. The maximum atomic E-state index is 12.7. The quantitative estimate of drug-likeness (QED) is 0.742. The van der Waals surface area contributed by atoms with Crippen LogP contribution in [0.1, 0.15) is 50.3 Å². The van der Waals surface area contributed by atoms with Gasteiger partial charge >= 0.3 is 0 Å². The first-order chi connectivity index (χ1) is 13.4. The summed E-state index contributed by atoms with van der Waals surface area (Å²) >= 11 is 0. The zero-order valence-electron chi connectivity index (χ0n) is 17.0. The van der Waals surface area contributed by atoms with Crippen molar-refractivity contribution in [1.82, 2.24) is 4.90 Å². The first-order valence-electron chi connectivity index (χ1n) is 10.2. The molecule has 2 heterocycles. The van der Waals surface area contributed by atoms with Gasteiger partial charge in [0.1, 0.15) is 13.1 Å². The average molecular weight is 388 g/mol. The van der Waals surface area contributed by atoms with Crippen molar-refractivity contribution < 1.29 is 24.3 Å². The highest BCUT2D eigenvalue weighted by Crippen LogP contribution is 2.38. The van der Waals surface area contributed by atoms with Crippen molar-refractivity contribution in [2.24, 2.45) is 0 Å². The number of aliphatic hydroxyl groups is 1. The molecule has 1 aromatic rings. The van der Waals surface area contributed by atoms with E-state index in [1.54, 1.807) is 4.90 Å². The van der Waals surface area contributed by atoms with Crippen molar-refractivity contribution in [3.8, 4) is 0 Å². The van der Waals surface area contributed by atoms with Gasteiger partial charge in [0.25, 0.3) is 5.91 Å². The highest BCUT2D eigenvalue weighted by Gasteiger charge is 2.42. The average Bonchev–Trinajstić information content (AvgIpc) is 2.94. The van der Waals surface area contributed by atoms with E-state index in [4.69, 9.17) is 4.74 Å². The number of nitrogens with one attached hydrogen (secondary N) is 1. The minimum absolute atomic E-state index is 0.209. The molecule has 0 saturated carbocycles. The topological polar surface area (TPSA) is 71.3 Å². The molecule has 152 valence electrons. The van der Waals surface area contributed by atoms with E-state index >= 15 is 0 Å². The summed E-state index contributed by atoms with van der Waals surface area (Å²) in [5.74, 6) is -0.697. The Morgan fingerprint density at radius 1 is 1.25 bits per heavy atom. The van der Waals surface area contributed by atoms with Crippen LogP contribution >= 0.6 is 0 Å². The molecule has 0 spiro atoms. The molecule has 6 nitrogen and oxygen atoms in total. The molecule has 2 N–H and O–H groups in total. The van der Waals surface area contributed by atoms with Crippen molar-refractivity contribution >= 4 is 11.7 Å². The van der Waals surface area contributed by atoms with Gasteiger partial charge in [0.2, 0.25) is 0 Å². The lowest BCUT2D eigenvalue weighted by Gasteiger charge is -2.28. The summed E-state index contributed by atoms with van der Waals surface area (Å²) in [7, 11) is 0. The van der Waals surface area contributed by atoms with E-state index in [1.165, 1.54) is 17.4 Å². The molecule has 1 atom stereocenters. The standard InChI is InChI=1S/C22H30N2O4/c1-15(2)17-5-7-18(8-6-17)20-19(16(3)25)21(26)22(27)24(20)10-4-9-23-11-13-28-14-12-23/h5-8,15,20,26H,4,9-14H2,1-3H3/p+1/t20-/m0/s1. The second-order valence-corrected chi connectivity index (χ2v) is 8.01. The van der Waals surface area contributed by atoms with Crippen LogP contribution in [0.25, 0.3) is 0 Å². The van der Waals surface area contributed by atoms with Gasteiger partial charge in [-0.3, -0.25) is 9.59 Å². The molecule has 0 aliphatic carbocycles. The number of hydrogen-bond donors (Lipinski definition) is 2. The van der Waals surface area contributed by atoms with E-state index < -0.39 is 17.7 Å². The zero-order valence-corrected chi connectivity index (χ0v) is 17.0. The van der Waals surface area contributed by atoms with Gasteiger partial charge in [0.15, 0.2) is 11.5 Å². The number of ketones is 1. The summed E-state index contributed by atoms with van der Waals surface area (Å²) in [5.41, 5.74) is 2.28. The third-order valence-corrected chi connectivity index (χ3v) is 5.73. The fourth-order valence-corrected chi connectivity index (χ4v) is 4.06. The Labute approximate surface area is 166 Å². The van der Waals surface area contributed by atoms with Crippen molar-refractivity contribution in [3.63, 3.8) is 0 Å². The number of carbonyl (C=O) groups is 2. The lowest BCUT2D eigenvalue weighted by molar-refractivity contribution is -0.908. The van der Waals surface area contributed by atoms with Gasteiger partial charge in [-0.05, 0) is 24.0 Å². The smallest absolute Gasteiger partial charge is 0.290 e. The molecular weight excluding hydrogens is 356 g/mol. The molecule has 0 bridgehead atoms. The molecule has 2 aliphatic rings. The van der Waals surface area contributed by atoms with Crippen LogP contribution in [0.2, 0.25) is 0 Å². The Morgan fingerprint density at radius 2 is 1.89 bits per heavy atom. The summed E-state index contributed by atoms with van der Waals surface area (Å²) in [6.45, 7) is 10.6. The van der Waals surface area contributed by atoms with Crippen LogP contribution in [-0.2, 0) is 14.3 Å². The summed E-state index contributed by atoms with van der Waals surface area (Å²) < 4.78 is 5.39. The molecule has 28 heavy (non-hydrogen) atoms. The van der Waals surface area contributed by atoms with Crippen LogP contribution < -0.4 is 4.90 Å². The third kappa shape index (κ3) is 4.28. The van der Waals surface area contributed by atoms with E-state index in [-0.39, 0.29) is 11.4 Å². The Morgan fingerprint density at radius 3 is 2.46 bits per heavy atom. The number of quaternary nitrogens is 1. The normalized spacial score (nSPS) is 21.1. The monoisotopic (exact) mass is 387 g/mol. The first-order valence-corrected chi connectivity index (χ1v) is 10.2. The van der Waals surface area contributed by atoms with Crippen molar-refractivity contribution in [1.29, 1.82) is 0 Å². The molecule has 1 saturated heterocycles. The lowest BCUT2D eigenvalue weighted by Crippen LogP contribution is -3.14. The van der Waals surface area contributed by atoms with Gasteiger partial charge < -0.3 is 19.6 Å². The van der Waals surface area contributed by atoms with Gasteiger partial charge in [-0.2, -0.15) is 0 Å². The Hall–Kier alpha value is -2.18. The van der Waals surface area contributed by atoms with Crippen LogP contribution in [0.4, 0.5) is 0 Å². The number of aliphatic hydroxyl groups excluding tert-OH is 1. The number of morpholine rings is 1.